The predicted octanol–water partition coefficient (Wildman–Crippen LogP) is 3.54. The van der Waals surface area contributed by atoms with E-state index in [0.29, 0.717) is 12.2 Å². The van der Waals surface area contributed by atoms with Gasteiger partial charge < -0.3 is 20.8 Å². The quantitative estimate of drug-likeness (QED) is 0.444. The van der Waals surface area contributed by atoms with E-state index in [4.69, 9.17) is 10.2 Å². The molecule has 11 heteroatoms. The Hall–Kier alpha value is -4.41. The number of carbonyl (C=O) groups is 4. The topological polar surface area (TPSA) is 133 Å². The third-order valence-electron chi connectivity index (χ3n) is 4.11. The van der Waals surface area contributed by atoms with Gasteiger partial charge in [-0.25, -0.2) is 9.59 Å². The van der Waals surface area contributed by atoms with Crippen molar-refractivity contribution in [1.82, 2.24) is 0 Å². The van der Waals surface area contributed by atoms with Crippen molar-refractivity contribution in [3.63, 3.8) is 0 Å². The van der Waals surface area contributed by atoms with E-state index in [1.807, 2.05) is 0 Å². The molecular formula is C22H17F3N2O6. The molecule has 0 saturated heterocycles. The van der Waals surface area contributed by atoms with Gasteiger partial charge in [0.1, 0.15) is 5.92 Å². The van der Waals surface area contributed by atoms with Crippen molar-refractivity contribution in [3.05, 3.63) is 84.0 Å². The van der Waals surface area contributed by atoms with Crippen molar-refractivity contribution >= 4 is 35.1 Å². The van der Waals surface area contributed by atoms with Crippen LogP contribution in [-0.4, -0.2) is 40.1 Å². The summed E-state index contributed by atoms with van der Waals surface area (Å²) in [5.74, 6) is -6.15. The Balaban J connectivity index is 2.20. The van der Waals surface area contributed by atoms with Gasteiger partial charge in [-0.1, -0.05) is 24.3 Å². The lowest BCUT2D eigenvalue weighted by molar-refractivity contribution is -0.141. The first-order valence-corrected chi connectivity index (χ1v) is 9.16. The average Bonchev–Trinajstić information content (AvgIpc) is 2.72. The Labute approximate surface area is 185 Å². The van der Waals surface area contributed by atoms with Gasteiger partial charge in [0.15, 0.2) is 0 Å². The summed E-state index contributed by atoms with van der Waals surface area (Å²) in [6.45, 7) is 0. The van der Waals surface area contributed by atoms with Crippen LogP contribution >= 0.6 is 0 Å². The number of anilines is 2. The first kappa shape index (κ1) is 24.9. The van der Waals surface area contributed by atoms with E-state index >= 15 is 0 Å². The lowest BCUT2D eigenvalue weighted by Gasteiger charge is -2.22. The second-order valence-corrected chi connectivity index (χ2v) is 6.54. The fourth-order valence-electron chi connectivity index (χ4n) is 2.75. The monoisotopic (exact) mass is 462 g/mol. The van der Waals surface area contributed by atoms with E-state index in [9.17, 15) is 32.3 Å². The number of halogens is 3. The summed E-state index contributed by atoms with van der Waals surface area (Å²) in [6.07, 6.45) is -1.86. The molecule has 2 rings (SSSR count). The van der Waals surface area contributed by atoms with E-state index in [1.54, 1.807) is 0 Å². The molecule has 8 nitrogen and oxygen atoms in total. The summed E-state index contributed by atoms with van der Waals surface area (Å²) >= 11 is 0. The Morgan fingerprint density at radius 3 is 1.27 bits per heavy atom. The van der Waals surface area contributed by atoms with Crippen molar-refractivity contribution in [3.8, 4) is 0 Å². The Morgan fingerprint density at radius 1 is 0.667 bits per heavy atom. The van der Waals surface area contributed by atoms with Crippen LogP contribution in [-0.2, 0) is 19.2 Å². The SMILES string of the molecule is O=C(O)/C=C\C(=O)Nc1ccc(C(c2ccc(NC(=O)/C=C\C(=O)O)cc2)C(F)(F)F)cc1. The second kappa shape index (κ2) is 10.8. The second-order valence-electron chi connectivity index (χ2n) is 6.54. The number of carbonyl (C=O) groups excluding carboxylic acids is 2. The lowest BCUT2D eigenvalue weighted by atomic mass is 9.90. The number of amides is 2. The molecule has 0 saturated carbocycles. The smallest absolute Gasteiger partial charge is 0.399 e. The van der Waals surface area contributed by atoms with Crippen LogP contribution in [0.3, 0.4) is 0 Å². The van der Waals surface area contributed by atoms with E-state index in [-0.39, 0.29) is 22.5 Å². The number of nitrogens with one attached hydrogen (secondary N) is 2. The minimum atomic E-state index is -4.65. The van der Waals surface area contributed by atoms with E-state index in [0.717, 1.165) is 12.2 Å². The summed E-state index contributed by atoms with van der Waals surface area (Å²) in [7, 11) is 0. The first-order chi connectivity index (χ1) is 15.5. The highest BCUT2D eigenvalue weighted by molar-refractivity contribution is 6.03. The van der Waals surface area contributed by atoms with Crippen molar-refractivity contribution in [1.29, 1.82) is 0 Å². The number of carboxylic acids is 2. The number of alkyl halides is 3. The third kappa shape index (κ3) is 7.98. The van der Waals surface area contributed by atoms with Crippen molar-refractivity contribution < 1.29 is 42.6 Å². The predicted molar refractivity (Wildman–Crippen MR) is 112 cm³/mol. The van der Waals surface area contributed by atoms with Gasteiger partial charge in [-0.15, -0.1) is 0 Å². The molecule has 0 spiro atoms. The standard InChI is InChI=1S/C22H17F3N2O6/c23-22(24,25)21(13-1-5-15(6-2-13)26-17(28)9-11-19(30)31)14-3-7-16(8-4-14)27-18(29)10-12-20(32)33/h1-12,21H,(H,26,28)(H,27,29)(H,30,31)(H,32,33)/b11-9-,12-10-. The highest BCUT2D eigenvalue weighted by atomic mass is 19.4. The number of hydrogen-bond acceptors (Lipinski definition) is 4. The van der Waals surface area contributed by atoms with Crippen LogP contribution in [0, 0.1) is 0 Å². The van der Waals surface area contributed by atoms with Crippen LogP contribution in [0.15, 0.2) is 72.8 Å². The molecule has 33 heavy (non-hydrogen) atoms. The van der Waals surface area contributed by atoms with Crippen molar-refractivity contribution in [2.24, 2.45) is 0 Å². The molecule has 0 aliphatic rings. The summed E-state index contributed by atoms with van der Waals surface area (Å²) in [4.78, 5) is 44.0. The number of rotatable bonds is 8. The van der Waals surface area contributed by atoms with E-state index in [1.165, 1.54) is 48.5 Å². The summed E-state index contributed by atoms with van der Waals surface area (Å²) < 4.78 is 41.4. The number of carboxylic acid groups (broad SMARTS) is 2. The third-order valence-corrected chi connectivity index (χ3v) is 4.11. The zero-order chi connectivity index (χ0) is 24.6. The zero-order valence-corrected chi connectivity index (χ0v) is 16.7. The highest BCUT2D eigenvalue weighted by Crippen LogP contribution is 2.40. The molecule has 0 fully saturated rings. The van der Waals surface area contributed by atoms with E-state index < -0.39 is 35.8 Å². The normalized spacial score (nSPS) is 11.6. The average molecular weight is 462 g/mol. The lowest BCUT2D eigenvalue weighted by Crippen LogP contribution is -2.22. The molecule has 0 unspecified atom stereocenters. The zero-order valence-electron chi connectivity index (χ0n) is 16.7. The molecule has 0 aliphatic carbocycles. The molecule has 0 radical (unpaired) electrons. The van der Waals surface area contributed by atoms with Gasteiger partial charge >= 0.3 is 18.1 Å². The van der Waals surface area contributed by atoms with Gasteiger partial charge in [0, 0.05) is 35.7 Å². The molecule has 0 bridgehead atoms. The van der Waals surface area contributed by atoms with Gasteiger partial charge in [0.2, 0.25) is 11.8 Å². The highest BCUT2D eigenvalue weighted by Gasteiger charge is 2.41. The van der Waals surface area contributed by atoms with Crippen LogP contribution in [0.25, 0.3) is 0 Å². The molecule has 4 N–H and O–H groups in total. The Kier molecular flexibility index (Phi) is 8.10. The maximum absolute atomic E-state index is 13.8. The van der Waals surface area contributed by atoms with Gasteiger partial charge in [-0.2, -0.15) is 13.2 Å². The molecule has 172 valence electrons. The Morgan fingerprint density at radius 2 is 1.00 bits per heavy atom. The minimum Gasteiger partial charge on any atom is -0.478 e. The molecule has 2 amide bonds. The molecule has 2 aromatic carbocycles. The fraction of sp³-hybridized carbons (Fsp3) is 0.0909. The molecular weight excluding hydrogens is 445 g/mol. The molecule has 0 heterocycles. The van der Waals surface area contributed by atoms with Gasteiger partial charge in [-0.05, 0) is 35.4 Å². The Bertz CT molecular complexity index is 1010. The van der Waals surface area contributed by atoms with Gasteiger partial charge in [0.25, 0.3) is 0 Å². The summed E-state index contributed by atoms with van der Waals surface area (Å²) in [5, 5.41) is 21.7. The summed E-state index contributed by atoms with van der Waals surface area (Å²) in [6, 6.07) is 9.74. The van der Waals surface area contributed by atoms with Crippen molar-refractivity contribution in [2.45, 2.75) is 12.1 Å². The summed E-state index contributed by atoms with van der Waals surface area (Å²) in [5.41, 5.74) is 0.130. The number of aliphatic carboxylic acids is 2. The maximum Gasteiger partial charge on any atom is 0.399 e. The number of benzene rings is 2. The minimum absolute atomic E-state index is 0.109. The van der Waals surface area contributed by atoms with Crippen LogP contribution in [0.1, 0.15) is 17.0 Å². The van der Waals surface area contributed by atoms with Crippen LogP contribution in [0.4, 0.5) is 24.5 Å². The van der Waals surface area contributed by atoms with Crippen LogP contribution in [0.5, 0.6) is 0 Å². The largest absolute Gasteiger partial charge is 0.478 e. The molecule has 0 aromatic heterocycles. The fourth-order valence-corrected chi connectivity index (χ4v) is 2.75. The van der Waals surface area contributed by atoms with E-state index in [2.05, 4.69) is 10.6 Å². The van der Waals surface area contributed by atoms with Gasteiger partial charge in [-0.3, -0.25) is 9.59 Å². The molecule has 0 atom stereocenters. The molecule has 0 aliphatic heterocycles. The number of hydrogen-bond donors (Lipinski definition) is 4. The van der Waals surface area contributed by atoms with Crippen LogP contribution in [0.2, 0.25) is 0 Å². The van der Waals surface area contributed by atoms with Crippen molar-refractivity contribution in [2.75, 3.05) is 10.6 Å². The van der Waals surface area contributed by atoms with Gasteiger partial charge in [0.05, 0.1) is 0 Å². The maximum atomic E-state index is 13.8. The first-order valence-electron chi connectivity index (χ1n) is 9.16. The molecule has 2 aromatic rings. The van der Waals surface area contributed by atoms with Crippen LogP contribution < -0.4 is 10.6 Å².